The summed E-state index contributed by atoms with van der Waals surface area (Å²) in [7, 11) is 0. The summed E-state index contributed by atoms with van der Waals surface area (Å²) in [5, 5.41) is 0. The summed E-state index contributed by atoms with van der Waals surface area (Å²) < 4.78 is 5.80. The highest BCUT2D eigenvalue weighted by molar-refractivity contribution is 5.99. The molecule has 3 N–H and O–H groups in total. The zero-order valence-corrected chi connectivity index (χ0v) is 11.5. The monoisotopic (exact) mass is 264 g/mol. The van der Waals surface area contributed by atoms with Crippen molar-refractivity contribution in [2.75, 3.05) is 18.5 Å². The fourth-order valence-corrected chi connectivity index (χ4v) is 2.47. The lowest BCUT2D eigenvalue weighted by molar-refractivity contribution is -0.118. The van der Waals surface area contributed by atoms with Crippen molar-refractivity contribution in [3.05, 3.63) is 24.0 Å². The van der Waals surface area contributed by atoms with Gasteiger partial charge in [-0.05, 0) is 26.8 Å². The van der Waals surface area contributed by atoms with Crippen LogP contribution in [0.1, 0.15) is 31.1 Å². The van der Waals surface area contributed by atoms with Crippen LogP contribution in [-0.4, -0.2) is 40.6 Å². The lowest BCUT2D eigenvalue weighted by Crippen LogP contribution is -2.53. The smallest absolute Gasteiger partial charge is 0.257 e. The number of nitrogens with one attached hydrogen (secondary N) is 1. The first kappa shape index (κ1) is 13.8. The Kier molecular flexibility index (Phi) is 3.73. The van der Waals surface area contributed by atoms with E-state index < -0.39 is 0 Å². The lowest BCUT2D eigenvalue weighted by atomic mass is 10.0. The van der Waals surface area contributed by atoms with Gasteiger partial charge in [-0.25, -0.2) is 0 Å². The van der Waals surface area contributed by atoms with Crippen LogP contribution in [0.2, 0.25) is 0 Å². The molecule has 1 aromatic heterocycles. The van der Waals surface area contributed by atoms with Gasteiger partial charge >= 0.3 is 0 Å². The summed E-state index contributed by atoms with van der Waals surface area (Å²) in [4.78, 5) is 18.3. The van der Waals surface area contributed by atoms with E-state index in [4.69, 9.17) is 10.6 Å². The number of nitrogen functional groups attached to an aromatic ring is 1. The van der Waals surface area contributed by atoms with Crippen LogP contribution in [0.4, 0.5) is 5.69 Å². The first-order chi connectivity index (χ1) is 8.93. The maximum Gasteiger partial charge on any atom is 0.257 e. The van der Waals surface area contributed by atoms with Gasteiger partial charge in [0.1, 0.15) is 0 Å². The van der Waals surface area contributed by atoms with Crippen molar-refractivity contribution in [2.24, 2.45) is 5.84 Å². The van der Waals surface area contributed by atoms with Gasteiger partial charge in [0.25, 0.3) is 5.91 Å². The standard InChI is InChI=1S/C13H20N4O2/c1-9-7-17(8-13(2,3)19-9)12(18)10-6-15-5-4-11(10)16-14/h4-6,9H,7-8,14H2,1-3H3,(H,15,16). The van der Waals surface area contributed by atoms with Crippen LogP contribution in [0.5, 0.6) is 0 Å². The van der Waals surface area contributed by atoms with Crippen LogP contribution in [0.15, 0.2) is 18.5 Å². The van der Waals surface area contributed by atoms with E-state index in [-0.39, 0.29) is 17.6 Å². The Hall–Kier alpha value is -1.66. The third-order valence-electron chi connectivity index (χ3n) is 3.06. The van der Waals surface area contributed by atoms with Gasteiger partial charge in [-0.1, -0.05) is 0 Å². The number of aromatic nitrogens is 1. The van der Waals surface area contributed by atoms with Gasteiger partial charge in [-0.2, -0.15) is 0 Å². The van der Waals surface area contributed by atoms with Crippen molar-refractivity contribution in [2.45, 2.75) is 32.5 Å². The number of amides is 1. The van der Waals surface area contributed by atoms with Gasteiger partial charge in [0, 0.05) is 25.5 Å². The van der Waals surface area contributed by atoms with Gasteiger partial charge in [0.05, 0.1) is 23.0 Å². The molecule has 0 saturated carbocycles. The van der Waals surface area contributed by atoms with Crippen LogP contribution < -0.4 is 11.3 Å². The Balaban J connectivity index is 2.24. The third kappa shape index (κ3) is 3.02. The SMILES string of the molecule is CC1CN(C(=O)c2cnccc2NN)CC(C)(C)O1. The maximum absolute atomic E-state index is 12.5. The molecule has 1 fully saturated rings. The molecule has 19 heavy (non-hydrogen) atoms. The molecular weight excluding hydrogens is 244 g/mol. The minimum absolute atomic E-state index is 0.0126. The number of pyridine rings is 1. The Bertz CT molecular complexity index is 475. The Morgan fingerprint density at radius 3 is 3.00 bits per heavy atom. The number of carbonyl (C=O) groups excluding carboxylic acids is 1. The van der Waals surface area contributed by atoms with Crippen LogP contribution in [0, 0.1) is 0 Å². The Labute approximate surface area is 112 Å². The summed E-state index contributed by atoms with van der Waals surface area (Å²) in [5.74, 6) is 5.35. The molecule has 6 nitrogen and oxygen atoms in total. The molecule has 1 atom stereocenters. The average Bonchev–Trinajstić information content (AvgIpc) is 2.35. The molecule has 1 aliphatic rings. The van der Waals surface area contributed by atoms with Crippen molar-refractivity contribution >= 4 is 11.6 Å². The van der Waals surface area contributed by atoms with Crippen molar-refractivity contribution in [1.29, 1.82) is 0 Å². The number of anilines is 1. The predicted molar refractivity (Wildman–Crippen MR) is 72.6 cm³/mol. The second kappa shape index (κ2) is 5.14. The highest BCUT2D eigenvalue weighted by Crippen LogP contribution is 2.23. The van der Waals surface area contributed by atoms with Crippen molar-refractivity contribution in [3.63, 3.8) is 0 Å². The largest absolute Gasteiger partial charge is 0.369 e. The number of ether oxygens (including phenoxy) is 1. The number of hydrazine groups is 1. The molecular formula is C13H20N4O2. The van der Waals surface area contributed by atoms with E-state index in [9.17, 15) is 4.79 Å². The van der Waals surface area contributed by atoms with Crippen LogP contribution in [-0.2, 0) is 4.74 Å². The Morgan fingerprint density at radius 2 is 2.37 bits per heavy atom. The summed E-state index contributed by atoms with van der Waals surface area (Å²) >= 11 is 0. The fourth-order valence-electron chi connectivity index (χ4n) is 2.47. The van der Waals surface area contributed by atoms with Gasteiger partial charge in [-0.3, -0.25) is 15.6 Å². The highest BCUT2D eigenvalue weighted by atomic mass is 16.5. The minimum atomic E-state index is -0.341. The molecule has 0 aromatic carbocycles. The molecule has 1 amide bonds. The first-order valence-corrected chi connectivity index (χ1v) is 6.30. The van der Waals surface area contributed by atoms with Crippen LogP contribution in [0.25, 0.3) is 0 Å². The number of nitrogens with zero attached hydrogens (tertiary/aromatic N) is 2. The number of rotatable bonds is 2. The molecule has 0 aliphatic carbocycles. The molecule has 1 aliphatic heterocycles. The van der Waals surface area contributed by atoms with E-state index in [0.717, 1.165) is 0 Å². The fraction of sp³-hybridized carbons (Fsp3) is 0.538. The average molecular weight is 264 g/mol. The summed E-state index contributed by atoms with van der Waals surface area (Å²) in [6.45, 7) is 7.05. The molecule has 0 bridgehead atoms. The van der Waals surface area contributed by atoms with Crippen LogP contribution >= 0.6 is 0 Å². The molecule has 6 heteroatoms. The van der Waals surface area contributed by atoms with E-state index in [2.05, 4.69) is 10.4 Å². The Morgan fingerprint density at radius 1 is 1.63 bits per heavy atom. The zero-order valence-electron chi connectivity index (χ0n) is 11.5. The molecule has 2 heterocycles. The molecule has 104 valence electrons. The summed E-state index contributed by atoms with van der Waals surface area (Å²) in [6.07, 6.45) is 3.14. The van der Waals surface area contributed by atoms with E-state index >= 15 is 0 Å². The van der Waals surface area contributed by atoms with Crippen molar-refractivity contribution in [1.82, 2.24) is 9.88 Å². The van der Waals surface area contributed by atoms with Crippen molar-refractivity contribution in [3.8, 4) is 0 Å². The quantitative estimate of drug-likeness (QED) is 0.615. The number of carbonyl (C=O) groups is 1. The van der Waals surface area contributed by atoms with E-state index in [0.29, 0.717) is 24.3 Å². The van der Waals surface area contributed by atoms with Gasteiger partial charge in [0.2, 0.25) is 0 Å². The van der Waals surface area contributed by atoms with E-state index in [1.54, 1.807) is 17.2 Å². The number of hydrogen-bond donors (Lipinski definition) is 2. The molecule has 1 saturated heterocycles. The van der Waals surface area contributed by atoms with Gasteiger partial charge in [-0.15, -0.1) is 0 Å². The number of nitrogens with two attached hydrogens (primary N) is 1. The normalized spacial score (nSPS) is 22.1. The minimum Gasteiger partial charge on any atom is -0.369 e. The second-order valence-corrected chi connectivity index (χ2v) is 5.44. The van der Waals surface area contributed by atoms with Gasteiger partial charge < -0.3 is 15.1 Å². The molecule has 0 spiro atoms. The van der Waals surface area contributed by atoms with E-state index in [1.165, 1.54) is 6.20 Å². The third-order valence-corrected chi connectivity index (χ3v) is 3.06. The lowest BCUT2D eigenvalue weighted by Gasteiger charge is -2.41. The zero-order chi connectivity index (χ0) is 14.0. The maximum atomic E-state index is 12.5. The number of hydrogen-bond acceptors (Lipinski definition) is 5. The van der Waals surface area contributed by atoms with Crippen molar-refractivity contribution < 1.29 is 9.53 Å². The second-order valence-electron chi connectivity index (χ2n) is 5.44. The molecule has 0 radical (unpaired) electrons. The summed E-state index contributed by atoms with van der Waals surface area (Å²) in [5.41, 5.74) is 3.25. The highest BCUT2D eigenvalue weighted by Gasteiger charge is 2.34. The number of morpholine rings is 1. The van der Waals surface area contributed by atoms with E-state index in [1.807, 2.05) is 20.8 Å². The molecule has 2 rings (SSSR count). The summed E-state index contributed by atoms with van der Waals surface area (Å²) in [6, 6.07) is 1.68. The topological polar surface area (TPSA) is 80.5 Å². The van der Waals surface area contributed by atoms with Crippen LogP contribution in [0.3, 0.4) is 0 Å². The molecule has 1 unspecified atom stereocenters. The molecule has 1 aromatic rings. The van der Waals surface area contributed by atoms with Gasteiger partial charge in [0.15, 0.2) is 0 Å². The predicted octanol–water partition coefficient (Wildman–Crippen LogP) is 1.01. The first-order valence-electron chi connectivity index (χ1n) is 6.30.